The molecule has 30 heavy (non-hydrogen) atoms. The Labute approximate surface area is 170 Å². The maximum atomic E-state index is 13.0. The van der Waals surface area contributed by atoms with Gasteiger partial charge in [-0.2, -0.15) is 5.10 Å². The fraction of sp³-hybridized carbons (Fsp3) is 0. The number of benzene rings is 3. The van der Waals surface area contributed by atoms with Crippen molar-refractivity contribution < 1.29 is 14.1 Å². The number of nitro benzene ring substituents is 1. The number of aromatic amines is 1. The molecule has 8 heteroatoms. The Kier molecular flexibility index (Phi) is 5.04. The number of H-pyrrole nitrogens is 1. The normalized spacial score (nSPS) is 11.1. The Morgan fingerprint density at radius 1 is 1.07 bits per heavy atom. The lowest BCUT2D eigenvalue weighted by molar-refractivity contribution is -0.384. The molecule has 0 aliphatic rings. The third-order valence-corrected chi connectivity index (χ3v) is 4.53. The van der Waals surface area contributed by atoms with Crippen LogP contribution in [-0.4, -0.2) is 22.0 Å². The van der Waals surface area contributed by atoms with Gasteiger partial charge in [0.25, 0.3) is 11.6 Å². The molecule has 0 saturated heterocycles. The van der Waals surface area contributed by atoms with Gasteiger partial charge in [-0.05, 0) is 29.3 Å². The zero-order valence-electron chi connectivity index (χ0n) is 15.5. The predicted octanol–water partition coefficient (Wildman–Crippen LogP) is 4.65. The summed E-state index contributed by atoms with van der Waals surface area (Å²) in [6.07, 6.45) is 1.40. The molecular formula is C22H15FN4O3. The first-order valence-corrected chi connectivity index (χ1v) is 8.97. The lowest BCUT2D eigenvalue weighted by atomic mass is 10.0. The van der Waals surface area contributed by atoms with E-state index in [9.17, 15) is 19.3 Å². The van der Waals surface area contributed by atoms with Crippen LogP contribution in [0.25, 0.3) is 22.0 Å². The number of halogens is 1. The molecule has 0 aliphatic heterocycles. The molecule has 0 fully saturated rings. The maximum Gasteiger partial charge on any atom is 0.288 e. The summed E-state index contributed by atoms with van der Waals surface area (Å²) in [6, 6.07) is 19.1. The van der Waals surface area contributed by atoms with Crippen LogP contribution in [0, 0.1) is 15.9 Å². The number of hydrazone groups is 1. The smallest absolute Gasteiger partial charge is 0.288 e. The summed E-state index contributed by atoms with van der Waals surface area (Å²) in [4.78, 5) is 26.6. The van der Waals surface area contributed by atoms with Crippen LogP contribution in [-0.2, 0) is 0 Å². The number of hydrogen-bond acceptors (Lipinski definition) is 4. The third-order valence-electron chi connectivity index (χ3n) is 4.53. The SMILES string of the molecule is O=C(N/N=C\c1ccc(F)cc1)c1[nH]c2ccc([N+](=O)[O-])cc2c1-c1ccccc1. The van der Waals surface area contributed by atoms with Gasteiger partial charge >= 0.3 is 0 Å². The van der Waals surface area contributed by atoms with Crippen molar-refractivity contribution in [2.45, 2.75) is 0 Å². The van der Waals surface area contributed by atoms with Crippen LogP contribution in [0.15, 0.2) is 77.9 Å². The lowest BCUT2D eigenvalue weighted by Crippen LogP contribution is -2.18. The van der Waals surface area contributed by atoms with Gasteiger partial charge in [0.2, 0.25) is 0 Å². The van der Waals surface area contributed by atoms with Crippen LogP contribution in [0.1, 0.15) is 16.1 Å². The Balaban J connectivity index is 1.73. The molecule has 0 spiro atoms. The molecule has 1 amide bonds. The topological polar surface area (TPSA) is 100 Å². The average molecular weight is 402 g/mol. The molecule has 0 radical (unpaired) electrons. The second-order valence-electron chi connectivity index (χ2n) is 6.48. The first-order valence-electron chi connectivity index (χ1n) is 8.97. The van der Waals surface area contributed by atoms with Gasteiger partial charge in [0, 0.05) is 28.6 Å². The first-order chi connectivity index (χ1) is 14.5. The van der Waals surface area contributed by atoms with E-state index in [1.165, 1.54) is 42.6 Å². The van der Waals surface area contributed by atoms with Crippen LogP contribution in [0.3, 0.4) is 0 Å². The summed E-state index contributed by atoms with van der Waals surface area (Å²) >= 11 is 0. The van der Waals surface area contributed by atoms with Gasteiger partial charge in [-0.15, -0.1) is 0 Å². The molecule has 2 N–H and O–H groups in total. The average Bonchev–Trinajstić information content (AvgIpc) is 3.14. The summed E-state index contributed by atoms with van der Waals surface area (Å²) in [7, 11) is 0. The standard InChI is InChI=1S/C22H15FN4O3/c23-16-8-6-14(7-9-16)13-24-26-22(28)21-20(15-4-2-1-3-5-15)18-12-17(27(29)30)10-11-19(18)25-21/h1-13,25H,(H,26,28)/b24-13-. The Morgan fingerprint density at radius 2 is 1.80 bits per heavy atom. The second kappa shape index (κ2) is 7.96. The largest absolute Gasteiger partial charge is 0.350 e. The monoisotopic (exact) mass is 402 g/mol. The van der Waals surface area contributed by atoms with E-state index in [-0.39, 0.29) is 17.2 Å². The zero-order valence-corrected chi connectivity index (χ0v) is 15.5. The second-order valence-corrected chi connectivity index (χ2v) is 6.48. The molecule has 4 rings (SSSR count). The van der Waals surface area contributed by atoms with Crippen molar-refractivity contribution in [3.05, 3.63) is 100.0 Å². The van der Waals surface area contributed by atoms with Gasteiger partial charge in [-0.3, -0.25) is 14.9 Å². The Morgan fingerprint density at radius 3 is 2.50 bits per heavy atom. The van der Waals surface area contributed by atoms with Crippen LogP contribution < -0.4 is 5.43 Å². The zero-order chi connectivity index (χ0) is 21.1. The molecule has 0 aliphatic carbocycles. The van der Waals surface area contributed by atoms with Crippen molar-refractivity contribution in [2.75, 3.05) is 0 Å². The molecule has 1 aromatic heterocycles. The van der Waals surface area contributed by atoms with E-state index in [2.05, 4.69) is 15.5 Å². The van der Waals surface area contributed by atoms with Crippen molar-refractivity contribution in [3.63, 3.8) is 0 Å². The number of nitrogens with zero attached hydrogens (tertiary/aromatic N) is 2. The van der Waals surface area contributed by atoms with E-state index in [4.69, 9.17) is 0 Å². The molecule has 148 valence electrons. The van der Waals surface area contributed by atoms with Gasteiger partial charge in [-0.1, -0.05) is 42.5 Å². The summed E-state index contributed by atoms with van der Waals surface area (Å²) in [6.45, 7) is 0. The quantitative estimate of drug-likeness (QED) is 0.289. The molecule has 0 saturated carbocycles. The number of non-ortho nitro benzene ring substituents is 1. The highest BCUT2D eigenvalue weighted by Gasteiger charge is 2.21. The molecule has 0 atom stereocenters. The van der Waals surface area contributed by atoms with Crippen LogP contribution in [0.4, 0.5) is 10.1 Å². The molecule has 3 aromatic carbocycles. The number of carbonyl (C=O) groups is 1. The molecule has 4 aromatic rings. The fourth-order valence-electron chi connectivity index (χ4n) is 3.14. The predicted molar refractivity (Wildman–Crippen MR) is 112 cm³/mol. The number of fused-ring (bicyclic) bond motifs is 1. The number of amides is 1. The van der Waals surface area contributed by atoms with Crippen molar-refractivity contribution in [1.82, 2.24) is 10.4 Å². The Bertz CT molecular complexity index is 1270. The fourth-order valence-corrected chi connectivity index (χ4v) is 3.14. The minimum atomic E-state index is -0.508. The first kappa shape index (κ1) is 19.0. The summed E-state index contributed by atoms with van der Waals surface area (Å²) < 4.78 is 13.0. The van der Waals surface area contributed by atoms with E-state index < -0.39 is 10.8 Å². The molecule has 0 unspecified atom stereocenters. The van der Waals surface area contributed by atoms with Crippen molar-refractivity contribution in [3.8, 4) is 11.1 Å². The summed E-state index contributed by atoms with van der Waals surface area (Å²) in [5.41, 5.74) is 5.09. The van der Waals surface area contributed by atoms with Crippen molar-refractivity contribution in [2.24, 2.45) is 5.10 Å². The Hall–Kier alpha value is -4.33. The number of nitro groups is 1. The highest BCUT2D eigenvalue weighted by Crippen LogP contribution is 2.34. The maximum absolute atomic E-state index is 13.0. The lowest BCUT2D eigenvalue weighted by Gasteiger charge is -2.04. The molecule has 1 heterocycles. The number of aromatic nitrogens is 1. The minimum Gasteiger partial charge on any atom is -0.350 e. The van der Waals surface area contributed by atoms with Gasteiger partial charge < -0.3 is 4.98 Å². The number of carbonyl (C=O) groups excluding carboxylic acids is 1. The van der Waals surface area contributed by atoms with E-state index >= 15 is 0 Å². The van der Waals surface area contributed by atoms with E-state index in [1.54, 1.807) is 6.07 Å². The van der Waals surface area contributed by atoms with Gasteiger partial charge in [0.15, 0.2) is 0 Å². The minimum absolute atomic E-state index is 0.0695. The molecule has 0 bridgehead atoms. The van der Waals surface area contributed by atoms with E-state index in [1.807, 2.05) is 30.3 Å². The highest BCUT2D eigenvalue weighted by atomic mass is 19.1. The highest BCUT2D eigenvalue weighted by molar-refractivity contribution is 6.10. The van der Waals surface area contributed by atoms with Crippen LogP contribution in [0.2, 0.25) is 0 Å². The van der Waals surface area contributed by atoms with E-state index in [0.29, 0.717) is 22.0 Å². The summed E-state index contributed by atoms with van der Waals surface area (Å²) in [5, 5.41) is 15.7. The number of rotatable bonds is 5. The van der Waals surface area contributed by atoms with Gasteiger partial charge in [0.05, 0.1) is 11.1 Å². The third kappa shape index (κ3) is 3.79. The van der Waals surface area contributed by atoms with E-state index in [0.717, 1.165) is 5.56 Å². The molecular weight excluding hydrogens is 387 g/mol. The van der Waals surface area contributed by atoms with Crippen LogP contribution >= 0.6 is 0 Å². The summed E-state index contributed by atoms with van der Waals surface area (Å²) in [5.74, 6) is -0.873. The number of hydrogen-bond donors (Lipinski definition) is 2. The van der Waals surface area contributed by atoms with Gasteiger partial charge in [-0.25, -0.2) is 9.82 Å². The van der Waals surface area contributed by atoms with Gasteiger partial charge in [0.1, 0.15) is 11.5 Å². The number of nitrogens with one attached hydrogen (secondary N) is 2. The van der Waals surface area contributed by atoms with Crippen molar-refractivity contribution >= 4 is 28.7 Å². The van der Waals surface area contributed by atoms with Crippen LogP contribution in [0.5, 0.6) is 0 Å². The van der Waals surface area contributed by atoms with Crippen molar-refractivity contribution in [1.29, 1.82) is 0 Å². The molecule has 7 nitrogen and oxygen atoms in total.